The van der Waals surface area contributed by atoms with E-state index in [1.54, 1.807) is 0 Å². The number of rotatable bonds is 5. The molecule has 0 fully saturated rings. The van der Waals surface area contributed by atoms with Crippen molar-refractivity contribution in [2.75, 3.05) is 31.6 Å². The fourth-order valence-corrected chi connectivity index (χ4v) is 2.68. The van der Waals surface area contributed by atoms with Crippen LogP contribution in [0.3, 0.4) is 0 Å². The van der Waals surface area contributed by atoms with Crippen molar-refractivity contribution in [3.8, 4) is 11.5 Å². The van der Waals surface area contributed by atoms with Gasteiger partial charge in [-0.15, -0.1) is 24.0 Å². The maximum Gasteiger partial charge on any atom is 0.242 e. The van der Waals surface area contributed by atoms with Crippen LogP contribution in [0.2, 0.25) is 0 Å². The summed E-state index contributed by atoms with van der Waals surface area (Å²) in [7, 11) is 0. The predicted molar refractivity (Wildman–Crippen MR) is 133 cm³/mol. The molecule has 1 aliphatic heterocycles. The summed E-state index contributed by atoms with van der Waals surface area (Å²) in [5, 5.41) is 9.53. The molecule has 1 aliphatic rings. The number of amides is 1. The second-order valence-corrected chi connectivity index (χ2v) is 9.54. The average Bonchev–Trinajstić information content (AvgIpc) is 2.82. The fourth-order valence-electron chi connectivity index (χ4n) is 2.68. The lowest BCUT2D eigenvalue weighted by Gasteiger charge is -2.21. The Kier molecular flexibility index (Phi) is 10.2. The first-order chi connectivity index (χ1) is 13.5. The van der Waals surface area contributed by atoms with Gasteiger partial charge in [0.05, 0.1) is 13.2 Å². The number of hydrogen-bond donors (Lipinski definition) is 3. The van der Waals surface area contributed by atoms with Gasteiger partial charge < -0.3 is 25.4 Å². The second kappa shape index (κ2) is 11.6. The Morgan fingerprint density at radius 2 is 1.73 bits per heavy atom. The van der Waals surface area contributed by atoms with Crippen molar-refractivity contribution in [3.05, 3.63) is 18.2 Å². The number of aliphatic imine (C=N–C) groups is 1. The van der Waals surface area contributed by atoms with Gasteiger partial charge in [-0.2, -0.15) is 0 Å². The van der Waals surface area contributed by atoms with E-state index in [4.69, 9.17) is 9.47 Å². The number of carbonyl (C=O) groups is 1. The summed E-state index contributed by atoms with van der Waals surface area (Å²) in [4.78, 5) is 16.6. The van der Waals surface area contributed by atoms with Crippen molar-refractivity contribution in [2.45, 2.75) is 59.9 Å². The summed E-state index contributed by atoms with van der Waals surface area (Å²) >= 11 is 0. The molecule has 170 valence electrons. The highest BCUT2D eigenvalue weighted by atomic mass is 127. The quantitative estimate of drug-likeness (QED) is 0.301. The van der Waals surface area contributed by atoms with Gasteiger partial charge in [0, 0.05) is 30.3 Å². The Bertz CT molecular complexity index is 724. The number of benzene rings is 1. The number of halogens is 1. The summed E-state index contributed by atoms with van der Waals surface area (Å²) in [6.45, 7) is 14.5. The minimum Gasteiger partial charge on any atom is -0.490 e. The fraction of sp³-hybridized carbons (Fsp3) is 0.636. The smallest absolute Gasteiger partial charge is 0.242 e. The summed E-state index contributed by atoms with van der Waals surface area (Å²) in [5.41, 5.74) is 0.748. The Hall–Kier alpha value is -1.71. The normalized spacial score (nSPS) is 14.3. The zero-order chi connectivity index (χ0) is 21.5. The van der Waals surface area contributed by atoms with Gasteiger partial charge in [-0.3, -0.25) is 4.79 Å². The molecule has 1 amide bonds. The molecule has 0 saturated carbocycles. The van der Waals surface area contributed by atoms with Crippen molar-refractivity contribution in [1.29, 1.82) is 0 Å². The molecule has 1 aromatic carbocycles. The molecule has 7 nitrogen and oxygen atoms in total. The molecule has 30 heavy (non-hydrogen) atoms. The molecular formula is C22H37IN4O3. The molecule has 0 aromatic heterocycles. The number of ether oxygens (including phenoxy) is 2. The zero-order valence-corrected chi connectivity index (χ0v) is 21.4. The van der Waals surface area contributed by atoms with E-state index in [0.717, 1.165) is 30.8 Å². The molecule has 1 heterocycles. The van der Waals surface area contributed by atoms with Crippen molar-refractivity contribution in [2.24, 2.45) is 10.4 Å². The third-order valence-corrected chi connectivity index (χ3v) is 4.07. The molecule has 0 atom stereocenters. The van der Waals surface area contributed by atoms with Crippen LogP contribution < -0.4 is 25.4 Å². The SMILES string of the molecule is CC(C)(C)CCNC(=NCC(=O)NC(C)(C)C)Nc1ccc2c(c1)OCCCO2.I. The van der Waals surface area contributed by atoms with E-state index in [-0.39, 0.29) is 47.4 Å². The molecule has 3 N–H and O–H groups in total. The van der Waals surface area contributed by atoms with Gasteiger partial charge in [0.1, 0.15) is 6.54 Å². The predicted octanol–water partition coefficient (Wildman–Crippen LogP) is 4.17. The Morgan fingerprint density at radius 1 is 1.07 bits per heavy atom. The Labute approximate surface area is 197 Å². The van der Waals surface area contributed by atoms with Gasteiger partial charge in [-0.1, -0.05) is 20.8 Å². The van der Waals surface area contributed by atoms with E-state index < -0.39 is 0 Å². The van der Waals surface area contributed by atoms with Crippen LogP contribution in [-0.4, -0.2) is 43.7 Å². The molecule has 0 saturated heterocycles. The van der Waals surface area contributed by atoms with Crippen molar-refractivity contribution in [3.63, 3.8) is 0 Å². The first-order valence-electron chi connectivity index (χ1n) is 10.3. The Balaban J connectivity index is 0.00000450. The number of fused-ring (bicyclic) bond motifs is 1. The van der Waals surface area contributed by atoms with E-state index in [1.807, 2.05) is 39.0 Å². The largest absolute Gasteiger partial charge is 0.490 e. The molecule has 1 aromatic rings. The number of anilines is 1. The molecule has 0 spiro atoms. The number of nitrogens with zero attached hydrogens (tertiary/aromatic N) is 1. The topological polar surface area (TPSA) is 84.0 Å². The van der Waals surface area contributed by atoms with Crippen molar-refractivity contribution in [1.82, 2.24) is 10.6 Å². The second-order valence-electron chi connectivity index (χ2n) is 9.54. The number of nitrogens with one attached hydrogen (secondary N) is 3. The standard InChI is InChI=1S/C22H36N4O3.HI/c1-21(2,3)10-11-23-20(24-15-19(27)26-22(4,5)6)25-16-8-9-17-18(14-16)29-13-7-12-28-17;/h8-9,14H,7,10-13,15H2,1-6H3,(H,26,27)(H2,23,24,25);1H. The molecule has 0 radical (unpaired) electrons. The first-order valence-corrected chi connectivity index (χ1v) is 10.3. The number of hydrogen-bond acceptors (Lipinski definition) is 4. The van der Waals surface area contributed by atoms with Crippen LogP contribution in [-0.2, 0) is 4.79 Å². The third kappa shape index (κ3) is 10.4. The number of carbonyl (C=O) groups excluding carboxylic acids is 1. The number of guanidine groups is 1. The minimum absolute atomic E-state index is 0. The molecule has 0 unspecified atom stereocenters. The summed E-state index contributed by atoms with van der Waals surface area (Å²) < 4.78 is 11.4. The molecular weight excluding hydrogens is 495 g/mol. The highest BCUT2D eigenvalue weighted by molar-refractivity contribution is 14.0. The van der Waals surface area contributed by atoms with Crippen LogP contribution in [0.5, 0.6) is 11.5 Å². The van der Waals surface area contributed by atoms with Crippen LogP contribution in [0.1, 0.15) is 54.4 Å². The lowest BCUT2D eigenvalue weighted by atomic mass is 9.92. The maximum atomic E-state index is 12.2. The van der Waals surface area contributed by atoms with Gasteiger partial charge in [-0.05, 0) is 44.7 Å². The van der Waals surface area contributed by atoms with Gasteiger partial charge in [0.2, 0.25) is 5.91 Å². The van der Waals surface area contributed by atoms with E-state index in [2.05, 4.69) is 41.7 Å². The third-order valence-electron chi connectivity index (χ3n) is 4.07. The van der Waals surface area contributed by atoms with Gasteiger partial charge in [0.25, 0.3) is 0 Å². The van der Waals surface area contributed by atoms with Crippen LogP contribution in [0.15, 0.2) is 23.2 Å². The summed E-state index contributed by atoms with van der Waals surface area (Å²) in [6, 6.07) is 5.71. The molecule has 0 aliphatic carbocycles. The van der Waals surface area contributed by atoms with Gasteiger partial charge >= 0.3 is 0 Å². The zero-order valence-electron chi connectivity index (χ0n) is 19.1. The highest BCUT2D eigenvalue weighted by Gasteiger charge is 2.15. The monoisotopic (exact) mass is 532 g/mol. The van der Waals surface area contributed by atoms with Gasteiger partial charge in [0.15, 0.2) is 17.5 Å². The maximum absolute atomic E-state index is 12.2. The van der Waals surface area contributed by atoms with E-state index in [0.29, 0.717) is 24.9 Å². The summed E-state index contributed by atoms with van der Waals surface area (Å²) in [5.74, 6) is 1.91. The van der Waals surface area contributed by atoms with Crippen LogP contribution in [0.4, 0.5) is 5.69 Å². The van der Waals surface area contributed by atoms with Crippen LogP contribution in [0, 0.1) is 5.41 Å². The Morgan fingerprint density at radius 3 is 2.37 bits per heavy atom. The van der Waals surface area contributed by atoms with E-state index in [9.17, 15) is 4.79 Å². The minimum atomic E-state index is -0.284. The lowest BCUT2D eigenvalue weighted by Crippen LogP contribution is -2.42. The first kappa shape index (κ1) is 26.3. The van der Waals surface area contributed by atoms with E-state index >= 15 is 0 Å². The van der Waals surface area contributed by atoms with E-state index in [1.165, 1.54) is 0 Å². The molecule has 8 heteroatoms. The molecule has 0 bridgehead atoms. The van der Waals surface area contributed by atoms with Gasteiger partial charge in [-0.25, -0.2) is 4.99 Å². The van der Waals surface area contributed by atoms with Crippen molar-refractivity contribution < 1.29 is 14.3 Å². The molecule has 2 rings (SSSR count). The highest BCUT2D eigenvalue weighted by Crippen LogP contribution is 2.32. The van der Waals surface area contributed by atoms with Crippen LogP contribution in [0.25, 0.3) is 0 Å². The summed E-state index contributed by atoms with van der Waals surface area (Å²) in [6.07, 6.45) is 1.84. The average molecular weight is 532 g/mol. The lowest BCUT2D eigenvalue weighted by molar-refractivity contribution is -0.121. The van der Waals surface area contributed by atoms with Crippen molar-refractivity contribution >= 4 is 41.5 Å². The van der Waals surface area contributed by atoms with Crippen LogP contribution >= 0.6 is 24.0 Å².